The van der Waals surface area contributed by atoms with Crippen LogP contribution < -0.4 is 4.90 Å². The first-order valence-electron chi connectivity index (χ1n) is 5.19. The minimum atomic E-state index is -0.483. The minimum Gasteiger partial charge on any atom is -0.464 e. The molecule has 0 radical (unpaired) electrons. The van der Waals surface area contributed by atoms with Gasteiger partial charge in [-0.25, -0.2) is 4.79 Å². The van der Waals surface area contributed by atoms with Crippen LogP contribution in [0, 0.1) is 0 Å². The lowest BCUT2D eigenvalue weighted by molar-refractivity contribution is -0.140. The number of methoxy groups -OCH3 is 1. The van der Waals surface area contributed by atoms with E-state index in [0.717, 1.165) is 0 Å². The number of hydrogen-bond donors (Lipinski definition) is 0. The smallest absolute Gasteiger partial charge is 0.414 e. The van der Waals surface area contributed by atoms with Crippen molar-refractivity contribution < 1.29 is 19.1 Å². The number of nitrogens with zero attached hydrogens (tertiary/aromatic N) is 1. The van der Waals surface area contributed by atoms with E-state index in [1.54, 1.807) is 12.1 Å². The quantitative estimate of drug-likeness (QED) is 0.749. The van der Waals surface area contributed by atoms with E-state index in [1.807, 2.05) is 18.2 Å². The Bertz CT molecular complexity index is 377. The van der Waals surface area contributed by atoms with Crippen LogP contribution in [0.5, 0.6) is 0 Å². The molecule has 17 heavy (non-hydrogen) atoms. The Morgan fingerprint density at radius 3 is 2.41 bits per heavy atom. The summed E-state index contributed by atoms with van der Waals surface area (Å²) in [5.41, 5.74) is 0.700. The largest absolute Gasteiger partial charge is 0.464 e. The Morgan fingerprint density at radius 2 is 1.88 bits per heavy atom. The molecule has 0 aliphatic heterocycles. The van der Waals surface area contributed by atoms with E-state index in [4.69, 9.17) is 4.74 Å². The summed E-state index contributed by atoms with van der Waals surface area (Å²) in [5.74, 6) is -0.372. The first kappa shape index (κ1) is 13.0. The summed E-state index contributed by atoms with van der Waals surface area (Å²) in [5, 5.41) is 0. The fourth-order valence-corrected chi connectivity index (χ4v) is 1.32. The molecule has 0 fully saturated rings. The molecule has 1 rings (SSSR count). The van der Waals surface area contributed by atoms with Gasteiger partial charge in [0.2, 0.25) is 0 Å². The summed E-state index contributed by atoms with van der Waals surface area (Å²) in [6.07, 6.45) is -0.483. The Hall–Kier alpha value is -2.04. The van der Waals surface area contributed by atoms with E-state index in [-0.39, 0.29) is 19.1 Å². The van der Waals surface area contributed by atoms with Crippen molar-refractivity contribution in [3.05, 3.63) is 30.3 Å². The second kappa shape index (κ2) is 6.52. The SMILES string of the molecule is COC(=O)N(CCOC(C)=O)c1ccccc1. The standard InChI is InChI=1S/C12H15NO4/c1-10(14)17-9-8-13(12(15)16-2)11-6-4-3-5-7-11/h3-7H,8-9H2,1-2H3. The van der Waals surface area contributed by atoms with Crippen LogP contribution in [-0.4, -0.2) is 32.3 Å². The van der Waals surface area contributed by atoms with Gasteiger partial charge in [-0.2, -0.15) is 0 Å². The van der Waals surface area contributed by atoms with Gasteiger partial charge < -0.3 is 9.47 Å². The number of hydrogen-bond acceptors (Lipinski definition) is 4. The number of benzene rings is 1. The average Bonchev–Trinajstić information content (AvgIpc) is 2.34. The normalized spacial score (nSPS) is 9.53. The van der Waals surface area contributed by atoms with Crippen LogP contribution in [-0.2, 0) is 14.3 Å². The lowest BCUT2D eigenvalue weighted by Gasteiger charge is -2.20. The second-order valence-electron chi connectivity index (χ2n) is 3.30. The zero-order valence-corrected chi connectivity index (χ0v) is 9.88. The fraction of sp³-hybridized carbons (Fsp3) is 0.333. The molecule has 0 atom stereocenters. The van der Waals surface area contributed by atoms with Crippen molar-refractivity contribution >= 4 is 17.7 Å². The van der Waals surface area contributed by atoms with Crippen molar-refractivity contribution in [2.45, 2.75) is 6.92 Å². The van der Waals surface area contributed by atoms with Gasteiger partial charge in [0.05, 0.1) is 13.7 Å². The topological polar surface area (TPSA) is 55.8 Å². The zero-order chi connectivity index (χ0) is 12.7. The van der Waals surface area contributed by atoms with Crippen molar-refractivity contribution in [2.24, 2.45) is 0 Å². The molecule has 5 nitrogen and oxygen atoms in total. The molecule has 0 aliphatic rings. The molecule has 1 aromatic carbocycles. The number of esters is 1. The lowest BCUT2D eigenvalue weighted by Crippen LogP contribution is -2.34. The van der Waals surface area contributed by atoms with E-state index >= 15 is 0 Å². The summed E-state index contributed by atoms with van der Waals surface area (Å²) in [6.45, 7) is 1.72. The Kier molecular flexibility index (Phi) is 5.00. The van der Waals surface area contributed by atoms with Gasteiger partial charge in [0.15, 0.2) is 0 Å². The maximum atomic E-state index is 11.6. The maximum Gasteiger partial charge on any atom is 0.414 e. The molecule has 0 aromatic heterocycles. The Morgan fingerprint density at radius 1 is 1.24 bits per heavy atom. The van der Waals surface area contributed by atoms with Gasteiger partial charge in [-0.3, -0.25) is 9.69 Å². The third kappa shape index (κ3) is 4.14. The van der Waals surface area contributed by atoms with E-state index in [9.17, 15) is 9.59 Å². The van der Waals surface area contributed by atoms with Gasteiger partial charge in [0.1, 0.15) is 6.61 Å². The minimum absolute atomic E-state index is 0.138. The molecule has 0 unspecified atom stereocenters. The number of carbonyl (C=O) groups is 2. The van der Waals surface area contributed by atoms with Crippen LogP contribution in [0.25, 0.3) is 0 Å². The van der Waals surface area contributed by atoms with Crippen LogP contribution in [0.3, 0.4) is 0 Å². The molecule has 0 saturated carbocycles. The fourth-order valence-electron chi connectivity index (χ4n) is 1.32. The predicted octanol–water partition coefficient (Wildman–Crippen LogP) is 1.82. The molecule has 0 heterocycles. The van der Waals surface area contributed by atoms with Crippen LogP contribution >= 0.6 is 0 Å². The third-order valence-electron chi connectivity index (χ3n) is 2.08. The van der Waals surface area contributed by atoms with Gasteiger partial charge in [0, 0.05) is 12.6 Å². The molecular weight excluding hydrogens is 222 g/mol. The van der Waals surface area contributed by atoms with Crippen LogP contribution in [0.2, 0.25) is 0 Å². The number of rotatable bonds is 4. The van der Waals surface area contributed by atoms with E-state index in [1.165, 1.54) is 18.9 Å². The molecule has 5 heteroatoms. The molecule has 0 bridgehead atoms. The second-order valence-corrected chi connectivity index (χ2v) is 3.30. The summed E-state index contributed by atoms with van der Waals surface area (Å²) < 4.78 is 9.47. The number of ether oxygens (including phenoxy) is 2. The summed E-state index contributed by atoms with van der Waals surface area (Å²) in [7, 11) is 1.31. The maximum absolute atomic E-state index is 11.6. The van der Waals surface area contributed by atoms with Gasteiger partial charge in [-0.15, -0.1) is 0 Å². The van der Waals surface area contributed by atoms with E-state index in [2.05, 4.69) is 4.74 Å². The van der Waals surface area contributed by atoms with E-state index < -0.39 is 6.09 Å². The van der Waals surface area contributed by atoms with Gasteiger partial charge in [0.25, 0.3) is 0 Å². The highest BCUT2D eigenvalue weighted by Gasteiger charge is 2.15. The number of anilines is 1. The monoisotopic (exact) mass is 237 g/mol. The molecule has 0 aliphatic carbocycles. The molecule has 1 amide bonds. The van der Waals surface area contributed by atoms with E-state index in [0.29, 0.717) is 5.69 Å². The van der Waals surface area contributed by atoms with Crippen molar-refractivity contribution in [2.75, 3.05) is 25.2 Å². The van der Waals surface area contributed by atoms with Crippen LogP contribution in [0.15, 0.2) is 30.3 Å². The lowest BCUT2D eigenvalue weighted by atomic mass is 10.3. The highest BCUT2D eigenvalue weighted by molar-refractivity contribution is 5.87. The molecule has 92 valence electrons. The van der Waals surface area contributed by atoms with Gasteiger partial charge in [-0.05, 0) is 12.1 Å². The zero-order valence-electron chi connectivity index (χ0n) is 9.88. The summed E-state index contributed by atoms with van der Waals surface area (Å²) in [4.78, 5) is 23.6. The van der Waals surface area contributed by atoms with Crippen molar-refractivity contribution in [1.29, 1.82) is 0 Å². The predicted molar refractivity (Wildman–Crippen MR) is 62.8 cm³/mol. The molecule has 0 spiro atoms. The number of para-hydroxylation sites is 1. The number of carbonyl (C=O) groups excluding carboxylic acids is 2. The van der Waals surface area contributed by atoms with Gasteiger partial charge in [-0.1, -0.05) is 18.2 Å². The highest BCUT2D eigenvalue weighted by Crippen LogP contribution is 2.13. The average molecular weight is 237 g/mol. The Labute approximate surface area is 99.9 Å². The van der Waals surface area contributed by atoms with Gasteiger partial charge >= 0.3 is 12.1 Å². The van der Waals surface area contributed by atoms with Crippen molar-refractivity contribution in [3.63, 3.8) is 0 Å². The van der Waals surface area contributed by atoms with Crippen LogP contribution in [0.4, 0.5) is 10.5 Å². The number of amides is 1. The highest BCUT2D eigenvalue weighted by atomic mass is 16.5. The first-order chi connectivity index (χ1) is 8.15. The molecule has 0 N–H and O–H groups in total. The van der Waals surface area contributed by atoms with Crippen LogP contribution in [0.1, 0.15) is 6.92 Å². The summed E-state index contributed by atoms with van der Waals surface area (Å²) in [6, 6.07) is 9.05. The molecular formula is C12H15NO4. The van der Waals surface area contributed by atoms with Crippen molar-refractivity contribution in [1.82, 2.24) is 0 Å². The molecule has 1 aromatic rings. The Balaban J connectivity index is 2.68. The summed E-state index contributed by atoms with van der Waals surface area (Å²) >= 11 is 0. The first-order valence-corrected chi connectivity index (χ1v) is 5.19. The van der Waals surface area contributed by atoms with Crippen molar-refractivity contribution in [3.8, 4) is 0 Å². The molecule has 0 saturated heterocycles. The third-order valence-corrected chi connectivity index (χ3v) is 2.08.